The van der Waals surface area contributed by atoms with Gasteiger partial charge in [-0.05, 0) is 30.0 Å². The van der Waals surface area contributed by atoms with Gasteiger partial charge in [-0.15, -0.1) is 11.3 Å². The Labute approximate surface area is 131 Å². The molecule has 6 heteroatoms. The van der Waals surface area contributed by atoms with Crippen LogP contribution in [0.25, 0.3) is 0 Å². The van der Waals surface area contributed by atoms with Gasteiger partial charge in [0, 0.05) is 6.54 Å². The lowest BCUT2D eigenvalue weighted by atomic mass is 10.2. The summed E-state index contributed by atoms with van der Waals surface area (Å²) >= 11 is 7.29. The average molecular weight is 324 g/mol. The van der Waals surface area contributed by atoms with Crippen LogP contribution < -0.4 is 5.32 Å². The molecule has 110 valence electrons. The summed E-state index contributed by atoms with van der Waals surface area (Å²) in [5.41, 5.74) is 0.349. The molecule has 0 fully saturated rings. The molecule has 0 aliphatic heterocycles. The first-order valence-corrected chi connectivity index (χ1v) is 7.67. The van der Waals surface area contributed by atoms with E-state index in [4.69, 9.17) is 16.3 Å². The first kappa shape index (κ1) is 15.5. The van der Waals surface area contributed by atoms with Gasteiger partial charge in [0.1, 0.15) is 0 Å². The van der Waals surface area contributed by atoms with Gasteiger partial charge in [0.05, 0.1) is 22.1 Å². The van der Waals surface area contributed by atoms with Crippen molar-refractivity contribution in [3.8, 4) is 0 Å². The van der Waals surface area contributed by atoms with Gasteiger partial charge in [-0.25, -0.2) is 4.79 Å². The zero-order valence-electron chi connectivity index (χ0n) is 11.2. The second-order valence-corrected chi connectivity index (χ2v) is 5.56. The minimum atomic E-state index is -0.454. The summed E-state index contributed by atoms with van der Waals surface area (Å²) < 4.78 is 5.11. The van der Waals surface area contributed by atoms with Crippen molar-refractivity contribution in [2.75, 3.05) is 13.2 Å². The first-order chi connectivity index (χ1) is 10.2. The molecule has 0 aliphatic rings. The largest absolute Gasteiger partial charge is 0.462 e. The van der Waals surface area contributed by atoms with E-state index in [0.717, 1.165) is 0 Å². The number of thiophene rings is 1. The fraction of sp³-hybridized carbons (Fsp3) is 0.200. The summed E-state index contributed by atoms with van der Waals surface area (Å²) in [6.07, 6.45) is 0.549. The van der Waals surface area contributed by atoms with Crippen LogP contribution in [0.2, 0.25) is 5.02 Å². The van der Waals surface area contributed by atoms with E-state index in [2.05, 4.69) is 5.32 Å². The van der Waals surface area contributed by atoms with Crippen LogP contribution in [0, 0.1) is 0 Å². The third kappa shape index (κ3) is 4.58. The van der Waals surface area contributed by atoms with Crippen LogP contribution in [0.5, 0.6) is 0 Å². The molecular weight excluding hydrogens is 310 g/mol. The summed E-state index contributed by atoms with van der Waals surface area (Å²) in [6, 6.07) is 10.3. The van der Waals surface area contributed by atoms with Gasteiger partial charge in [-0.2, -0.15) is 0 Å². The number of rotatable bonds is 6. The summed E-state index contributed by atoms with van der Waals surface area (Å²) in [4.78, 5) is 24.1. The zero-order chi connectivity index (χ0) is 15.1. The van der Waals surface area contributed by atoms with E-state index in [-0.39, 0.29) is 12.5 Å². The number of carbonyl (C=O) groups is 2. The smallest absolute Gasteiger partial charge is 0.339 e. The van der Waals surface area contributed by atoms with E-state index in [1.54, 1.807) is 30.3 Å². The molecule has 1 aromatic heterocycles. The van der Waals surface area contributed by atoms with Crippen molar-refractivity contribution in [1.29, 1.82) is 0 Å². The molecule has 0 aliphatic carbocycles. The Kier molecular flexibility index (Phi) is 5.78. The van der Waals surface area contributed by atoms with Crippen molar-refractivity contribution < 1.29 is 14.3 Å². The van der Waals surface area contributed by atoms with Crippen LogP contribution in [0.4, 0.5) is 0 Å². The number of esters is 1. The number of halogens is 1. The first-order valence-electron chi connectivity index (χ1n) is 6.42. The van der Waals surface area contributed by atoms with Gasteiger partial charge in [0.15, 0.2) is 0 Å². The third-order valence-electron chi connectivity index (χ3n) is 2.68. The SMILES string of the molecule is O=C(NCCCOC(=O)c1ccccc1Cl)c1cccs1. The van der Waals surface area contributed by atoms with E-state index in [1.165, 1.54) is 11.3 Å². The summed E-state index contributed by atoms with van der Waals surface area (Å²) in [7, 11) is 0. The minimum Gasteiger partial charge on any atom is -0.462 e. The van der Waals surface area contributed by atoms with E-state index in [1.807, 2.05) is 11.4 Å². The molecule has 0 spiro atoms. The second kappa shape index (κ2) is 7.81. The minimum absolute atomic E-state index is 0.109. The monoisotopic (exact) mass is 323 g/mol. The molecule has 0 saturated heterocycles. The normalized spacial score (nSPS) is 10.1. The average Bonchev–Trinajstić information content (AvgIpc) is 3.01. The van der Waals surface area contributed by atoms with E-state index < -0.39 is 5.97 Å². The Bertz CT molecular complexity index is 613. The van der Waals surface area contributed by atoms with E-state index in [0.29, 0.717) is 28.4 Å². The maximum Gasteiger partial charge on any atom is 0.339 e. The standard InChI is InChI=1S/C15H14ClNO3S/c16-12-6-2-1-5-11(12)15(19)20-9-4-8-17-14(18)13-7-3-10-21-13/h1-3,5-7,10H,4,8-9H2,(H,17,18). The molecule has 0 saturated carbocycles. The van der Waals surface area contributed by atoms with Crippen molar-refractivity contribution in [1.82, 2.24) is 5.32 Å². The van der Waals surface area contributed by atoms with Gasteiger partial charge in [0.25, 0.3) is 5.91 Å². The molecule has 1 heterocycles. The molecule has 0 bridgehead atoms. The Morgan fingerprint density at radius 2 is 2.00 bits per heavy atom. The van der Waals surface area contributed by atoms with Gasteiger partial charge in [-0.1, -0.05) is 29.8 Å². The van der Waals surface area contributed by atoms with Crippen LogP contribution in [0.15, 0.2) is 41.8 Å². The Balaban J connectivity index is 1.67. The number of hydrogen-bond acceptors (Lipinski definition) is 4. The predicted octanol–water partition coefficient (Wildman–Crippen LogP) is 3.38. The molecule has 0 radical (unpaired) electrons. The molecule has 1 amide bonds. The highest BCUT2D eigenvalue weighted by Gasteiger charge is 2.10. The molecule has 1 aromatic carbocycles. The lowest BCUT2D eigenvalue weighted by Crippen LogP contribution is -2.24. The molecule has 4 nitrogen and oxygen atoms in total. The fourth-order valence-electron chi connectivity index (χ4n) is 1.64. The molecule has 2 aromatic rings. The third-order valence-corrected chi connectivity index (χ3v) is 3.88. The molecule has 1 N–H and O–H groups in total. The maximum atomic E-state index is 11.8. The number of nitrogens with one attached hydrogen (secondary N) is 1. The number of ether oxygens (including phenoxy) is 1. The van der Waals surface area contributed by atoms with Gasteiger partial charge >= 0.3 is 5.97 Å². The highest BCUT2D eigenvalue weighted by molar-refractivity contribution is 7.12. The Morgan fingerprint density at radius 3 is 2.71 bits per heavy atom. The maximum absolute atomic E-state index is 11.8. The molecule has 21 heavy (non-hydrogen) atoms. The van der Waals surface area contributed by atoms with Crippen molar-refractivity contribution in [2.24, 2.45) is 0 Å². The number of hydrogen-bond donors (Lipinski definition) is 1. The number of benzene rings is 1. The van der Waals surface area contributed by atoms with Gasteiger partial charge in [0.2, 0.25) is 0 Å². The van der Waals surface area contributed by atoms with Gasteiger partial charge in [-0.3, -0.25) is 4.79 Å². The second-order valence-electron chi connectivity index (χ2n) is 4.20. The highest BCUT2D eigenvalue weighted by Crippen LogP contribution is 2.15. The van der Waals surface area contributed by atoms with Gasteiger partial charge < -0.3 is 10.1 Å². The molecule has 0 atom stereocenters. The van der Waals surface area contributed by atoms with E-state index >= 15 is 0 Å². The number of amides is 1. The molecule has 0 unspecified atom stereocenters. The van der Waals surface area contributed by atoms with Crippen molar-refractivity contribution in [3.05, 3.63) is 57.2 Å². The predicted molar refractivity (Wildman–Crippen MR) is 83.0 cm³/mol. The van der Waals surface area contributed by atoms with Crippen molar-refractivity contribution in [2.45, 2.75) is 6.42 Å². The van der Waals surface area contributed by atoms with Crippen molar-refractivity contribution >= 4 is 34.8 Å². The lowest BCUT2D eigenvalue weighted by Gasteiger charge is -2.06. The van der Waals surface area contributed by atoms with Crippen LogP contribution in [-0.4, -0.2) is 25.0 Å². The van der Waals surface area contributed by atoms with Crippen LogP contribution in [-0.2, 0) is 4.74 Å². The fourth-order valence-corrected chi connectivity index (χ4v) is 2.49. The Hall–Kier alpha value is -1.85. The summed E-state index contributed by atoms with van der Waals surface area (Å²) in [5.74, 6) is -0.562. The van der Waals surface area contributed by atoms with Crippen molar-refractivity contribution in [3.63, 3.8) is 0 Å². The topological polar surface area (TPSA) is 55.4 Å². The molecule has 2 rings (SSSR count). The van der Waals surface area contributed by atoms with Crippen LogP contribution in [0.3, 0.4) is 0 Å². The Morgan fingerprint density at radius 1 is 1.19 bits per heavy atom. The quantitative estimate of drug-likeness (QED) is 0.655. The summed E-state index contributed by atoms with van der Waals surface area (Å²) in [6.45, 7) is 0.682. The zero-order valence-corrected chi connectivity index (χ0v) is 12.7. The van der Waals surface area contributed by atoms with E-state index in [9.17, 15) is 9.59 Å². The lowest BCUT2D eigenvalue weighted by molar-refractivity contribution is 0.0501. The van der Waals surface area contributed by atoms with Crippen LogP contribution >= 0.6 is 22.9 Å². The highest BCUT2D eigenvalue weighted by atomic mass is 35.5. The summed E-state index contributed by atoms with van der Waals surface area (Å²) in [5, 5.41) is 4.98. The number of carbonyl (C=O) groups excluding carboxylic acids is 2. The van der Waals surface area contributed by atoms with Crippen LogP contribution in [0.1, 0.15) is 26.5 Å². The molecular formula is C15H14ClNO3S.